The number of nitrogens with one attached hydrogen (secondary N) is 1. The van der Waals surface area contributed by atoms with Crippen molar-refractivity contribution in [1.82, 2.24) is 5.32 Å². The van der Waals surface area contributed by atoms with E-state index >= 15 is 0 Å². The van der Waals surface area contributed by atoms with Crippen molar-refractivity contribution in [2.24, 2.45) is 5.92 Å². The van der Waals surface area contributed by atoms with Crippen molar-refractivity contribution in [3.63, 3.8) is 0 Å². The van der Waals surface area contributed by atoms with E-state index in [1.165, 1.54) is 0 Å². The van der Waals surface area contributed by atoms with E-state index in [0.717, 1.165) is 19.5 Å². The average Bonchev–Trinajstić information content (AvgIpc) is 1.94. The van der Waals surface area contributed by atoms with Gasteiger partial charge in [-0.1, -0.05) is 0 Å². The molecular formula is C7H14FNO. The first-order valence-corrected chi connectivity index (χ1v) is 3.79. The van der Waals surface area contributed by atoms with Crippen molar-refractivity contribution in [3.05, 3.63) is 0 Å². The summed E-state index contributed by atoms with van der Waals surface area (Å²) in [6, 6.07) is 0. The van der Waals surface area contributed by atoms with Gasteiger partial charge in [-0.05, 0) is 25.3 Å². The largest absolute Gasteiger partial charge is 0.393 e. The molecule has 1 aliphatic rings. The number of alkyl halides is 1. The quantitative estimate of drug-likeness (QED) is 0.589. The van der Waals surface area contributed by atoms with Gasteiger partial charge in [0.05, 0.1) is 12.8 Å². The molecule has 1 rings (SSSR count). The van der Waals surface area contributed by atoms with Crippen LogP contribution >= 0.6 is 0 Å². The molecule has 1 aliphatic heterocycles. The number of aliphatic hydroxyl groups excluding tert-OH is 1. The van der Waals surface area contributed by atoms with E-state index in [1.807, 2.05) is 0 Å². The van der Waals surface area contributed by atoms with Crippen LogP contribution in [-0.2, 0) is 0 Å². The molecule has 0 aliphatic carbocycles. The summed E-state index contributed by atoms with van der Waals surface area (Å²) in [5.74, 6) is 0.138. The van der Waals surface area contributed by atoms with Crippen molar-refractivity contribution in [1.29, 1.82) is 0 Å². The first-order chi connectivity index (χ1) is 4.84. The predicted molar refractivity (Wildman–Crippen MR) is 37.6 cm³/mol. The van der Waals surface area contributed by atoms with Gasteiger partial charge in [-0.2, -0.15) is 0 Å². The highest BCUT2D eigenvalue weighted by molar-refractivity contribution is 4.76. The maximum absolute atomic E-state index is 11.8. The van der Waals surface area contributed by atoms with Gasteiger partial charge >= 0.3 is 0 Å². The Morgan fingerprint density at radius 1 is 1.60 bits per heavy atom. The summed E-state index contributed by atoms with van der Waals surface area (Å²) in [5, 5.41) is 12.4. The summed E-state index contributed by atoms with van der Waals surface area (Å²) >= 11 is 0. The summed E-state index contributed by atoms with van der Waals surface area (Å²) in [7, 11) is 0. The van der Waals surface area contributed by atoms with E-state index in [9.17, 15) is 9.50 Å². The zero-order chi connectivity index (χ0) is 7.40. The van der Waals surface area contributed by atoms with Crippen molar-refractivity contribution in [2.75, 3.05) is 19.8 Å². The van der Waals surface area contributed by atoms with Crippen LogP contribution < -0.4 is 5.32 Å². The molecule has 1 fully saturated rings. The Labute approximate surface area is 60.4 Å². The summed E-state index contributed by atoms with van der Waals surface area (Å²) in [5.41, 5.74) is 0. The molecule has 0 unspecified atom stereocenters. The molecule has 0 aromatic heterocycles. The second kappa shape index (κ2) is 3.88. The molecule has 2 N–H and O–H groups in total. The van der Waals surface area contributed by atoms with E-state index in [0.29, 0.717) is 6.42 Å². The zero-order valence-corrected chi connectivity index (χ0v) is 6.02. The lowest BCUT2D eigenvalue weighted by Gasteiger charge is -2.27. The molecule has 0 saturated carbocycles. The van der Waals surface area contributed by atoms with Gasteiger partial charge in [0.2, 0.25) is 0 Å². The molecular weight excluding hydrogens is 133 g/mol. The Morgan fingerprint density at radius 3 is 3.00 bits per heavy atom. The van der Waals surface area contributed by atoms with Crippen LogP contribution in [0.1, 0.15) is 12.8 Å². The molecule has 10 heavy (non-hydrogen) atoms. The fourth-order valence-corrected chi connectivity index (χ4v) is 1.34. The van der Waals surface area contributed by atoms with Crippen LogP contribution in [-0.4, -0.2) is 31.0 Å². The van der Waals surface area contributed by atoms with Crippen molar-refractivity contribution in [3.8, 4) is 0 Å². The Morgan fingerprint density at radius 2 is 2.40 bits per heavy atom. The first kappa shape index (κ1) is 7.95. The molecule has 3 heteroatoms. The van der Waals surface area contributed by atoms with Gasteiger partial charge in [-0.15, -0.1) is 0 Å². The Bertz CT molecular complexity index is 97.6. The molecule has 1 heterocycles. The second-order valence-electron chi connectivity index (χ2n) is 2.80. The van der Waals surface area contributed by atoms with E-state index in [4.69, 9.17) is 0 Å². The third-order valence-corrected chi connectivity index (χ3v) is 2.05. The first-order valence-electron chi connectivity index (χ1n) is 3.79. The molecule has 0 aromatic carbocycles. The number of hydrogen-bond acceptors (Lipinski definition) is 2. The van der Waals surface area contributed by atoms with Gasteiger partial charge in [0.25, 0.3) is 0 Å². The normalized spacial score (nSPS) is 34.2. The number of piperidine rings is 1. The zero-order valence-electron chi connectivity index (χ0n) is 6.02. The summed E-state index contributed by atoms with van der Waals surface area (Å²) in [6.07, 6.45) is 0.982. The van der Waals surface area contributed by atoms with Gasteiger partial charge in [0.1, 0.15) is 0 Å². The number of hydrogen-bond donors (Lipinski definition) is 2. The predicted octanol–water partition coefficient (Wildman–Crippen LogP) is 0.316. The van der Waals surface area contributed by atoms with Crippen molar-refractivity contribution in [2.45, 2.75) is 18.9 Å². The van der Waals surface area contributed by atoms with Crippen LogP contribution in [0.15, 0.2) is 0 Å². The molecule has 2 atom stereocenters. The summed E-state index contributed by atoms with van der Waals surface area (Å²) in [4.78, 5) is 0. The van der Waals surface area contributed by atoms with Crippen molar-refractivity contribution < 1.29 is 9.50 Å². The maximum Gasteiger partial charge on any atom is 0.0898 e. The standard InChI is InChI=1S/C7H14FNO/c8-3-1-6-5-9-4-2-7(6)10/h6-7,9-10H,1-5H2/t6-,7-/m1/s1. The highest BCUT2D eigenvalue weighted by Crippen LogP contribution is 2.14. The molecule has 0 amide bonds. The van der Waals surface area contributed by atoms with E-state index in [1.54, 1.807) is 0 Å². The Hall–Kier alpha value is -0.150. The van der Waals surface area contributed by atoms with Crippen LogP contribution in [0.3, 0.4) is 0 Å². The molecule has 60 valence electrons. The third kappa shape index (κ3) is 1.92. The fraction of sp³-hybridized carbons (Fsp3) is 1.00. The lowest BCUT2D eigenvalue weighted by molar-refractivity contribution is 0.0707. The minimum absolute atomic E-state index is 0.138. The van der Waals surface area contributed by atoms with E-state index in [2.05, 4.69) is 5.32 Å². The van der Waals surface area contributed by atoms with Gasteiger partial charge in [0.15, 0.2) is 0 Å². The second-order valence-corrected chi connectivity index (χ2v) is 2.80. The Kier molecular flexibility index (Phi) is 3.09. The fourth-order valence-electron chi connectivity index (χ4n) is 1.34. The minimum Gasteiger partial charge on any atom is -0.393 e. The van der Waals surface area contributed by atoms with Gasteiger partial charge < -0.3 is 10.4 Å². The van der Waals surface area contributed by atoms with E-state index < -0.39 is 0 Å². The van der Waals surface area contributed by atoms with Crippen molar-refractivity contribution >= 4 is 0 Å². The minimum atomic E-state index is -0.316. The Balaban J connectivity index is 2.25. The van der Waals surface area contributed by atoms with Gasteiger partial charge in [-0.3, -0.25) is 4.39 Å². The highest BCUT2D eigenvalue weighted by atomic mass is 19.1. The third-order valence-electron chi connectivity index (χ3n) is 2.05. The number of halogens is 1. The average molecular weight is 147 g/mol. The molecule has 0 bridgehead atoms. The lowest BCUT2D eigenvalue weighted by Crippen LogP contribution is -2.39. The lowest BCUT2D eigenvalue weighted by atomic mass is 9.94. The molecule has 0 radical (unpaired) electrons. The molecule has 2 nitrogen and oxygen atoms in total. The van der Waals surface area contributed by atoms with Crippen LogP contribution in [0.2, 0.25) is 0 Å². The van der Waals surface area contributed by atoms with Crippen LogP contribution in [0, 0.1) is 5.92 Å². The number of aliphatic hydroxyl groups is 1. The smallest absolute Gasteiger partial charge is 0.0898 e. The molecule has 0 spiro atoms. The van der Waals surface area contributed by atoms with Crippen LogP contribution in [0.4, 0.5) is 4.39 Å². The van der Waals surface area contributed by atoms with Gasteiger partial charge in [0, 0.05) is 6.54 Å². The van der Waals surface area contributed by atoms with E-state index in [-0.39, 0.29) is 18.7 Å². The topological polar surface area (TPSA) is 32.3 Å². The SMILES string of the molecule is O[C@@H]1CCNC[C@H]1CCF. The monoisotopic (exact) mass is 147 g/mol. The summed E-state index contributed by atoms with van der Waals surface area (Å²) in [6.45, 7) is 1.32. The van der Waals surface area contributed by atoms with Gasteiger partial charge in [-0.25, -0.2) is 0 Å². The highest BCUT2D eigenvalue weighted by Gasteiger charge is 2.21. The number of rotatable bonds is 2. The maximum atomic E-state index is 11.8. The van der Waals surface area contributed by atoms with Crippen LogP contribution in [0.5, 0.6) is 0 Å². The molecule has 1 saturated heterocycles. The van der Waals surface area contributed by atoms with Crippen LogP contribution in [0.25, 0.3) is 0 Å². The molecule has 0 aromatic rings. The summed E-state index contributed by atoms with van der Waals surface area (Å²) < 4.78 is 11.8.